The molecule has 0 spiro atoms. The summed E-state index contributed by atoms with van der Waals surface area (Å²) >= 11 is 7.49. The number of benzene rings is 1. The lowest BCUT2D eigenvalue weighted by Gasteiger charge is -1.95. The first-order chi connectivity index (χ1) is 7.29. The van der Waals surface area contributed by atoms with Crippen molar-refractivity contribution in [3.8, 4) is 10.6 Å². The minimum atomic E-state index is 0.164. The first kappa shape index (κ1) is 10.6. The predicted molar refractivity (Wildman–Crippen MR) is 63.3 cm³/mol. The highest BCUT2D eigenvalue weighted by Gasteiger charge is 2.04. The maximum absolute atomic E-state index is 8.80. The number of hydrogen-bond acceptors (Lipinski definition) is 3. The Labute approximate surface area is 97.2 Å². The lowest BCUT2D eigenvalue weighted by atomic mass is 10.2. The molecule has 0 fully saturated rings. The van der Waals surface area contributed by atoms with Crippen LogP contribution in [0.1, 0.15) is 4.88 Å². The third-order valence-corrected chi connectivity index (χ3v) is 3.32. The summed E-state index contributed by atoms with van der Waals surface area (Å²) in [4.78, 5) is 5.39. The Balaban J connectivity index is 2.29. The number of aromatic nitrogens is 1. The van der Waals surface area contributed by atoms with E-state index >= 15 is 0 Å². The fourth-order valence-electron chi connectivity index (χ4n) is 1.29. The summed E-state index contributed by atoms with van der Waals surface area (Å²) in [5, 5.41) is 10.5. The predicted octanol–water partition coefficient (Wildman–Crippen LogP) is 3.00. The van der Waals surface area contributed by atoms with Crippen molar-refractivity contribution in [2.75, 3.05) is 6.61 Å². The van der Waals surface area contributed by atoms with E-state index < -0.39 is 0 Å². The molecule has 0 aliphatic carbocycles. The van der Waals surface area contributed by atoms with E-state index in [2.05, 4.69) is 4.98 Å². The van der Waals surface area contributed by atoms with Gasteiger partial charge in [-0.2, -0.15) is 0 Å². The van der Waals surface area contributed by atoms with Crippen LogP contribution in [0.3, 0.4) is 0 Å². The number of rotatable bonds is 3. The number of aliphatic hydroxyl groups is 1. The van der Waals surface area contributed by atoms with Gasteiger partial charge in [0.2, 0.25) is 0 Å². The van der Waals surface area contributed by atoms with Crippen LogP contribution in [-0.2, 0) is 6.42 Å². The van der Waals surface area contributed by atoms with Crippen LogP contribution in [0, 0.1) is 0 Å². The number of halogens is 1. The van der Waals surface area contributed by atoms with E-state index in [0.717, 1.165) is 15.4 Å². The van der Waals surface area contributed by atoms with Crippen LogP contribution in [0.2, 0.25) is 5.02 Å². The lowest BCUT2D eigenvalue weighted by Crippen LogP contribution is -1.84. The minimum absolute atomic E-state index is 0.164. The number of thiazole rings is 1. The Hall–Kier alpha value is -0.900. The molecule has 2 rings (SSSR count). The highest BCUT2D eigenvalue weighted by atomic mass is 35.5. The monoisotopic (exact) mass is 239 g/mol. The molecule has 0 amide bonds. The summed E-state index contributed by atoms with van der Waals surface area (Å²) in [6.07, 6.45) is 2.47. The first-order valence-corrected chi connectivity index (χ1v) is 5.80. The van der Waals surface area contributed by atoms with Gasteiger partial charge in [0.05, 0.1) is 0 Å². The van der Waals surface area contributed by atoms with Crippen LogP contribution >= 0.6 is 22.9 Å². The van der Waals surface area contributed by atoms with Gasteiger partial charge in [0.15, 0.2) is 0 Å². The molecule has 2 aromatic rings. The lowest BCUT2D eigenvalue weighted by molar-refractivity contribution is 0.300. The summed E-state index contributed by atoms with van der Waals surface area (Å²) in [6, 6.07) is 7.62. The molecule has 2 nitrogen and oxygen atoms in total. The zero-order valence-corrected chi connectivity index (χ0v) is 9.55. The molecule has 0 atom stereocenters. The highest BCUT2D eigenvalue weighted by Crippen LogP contribution is 2.27. The largest absolute Gasteiger partial charge is 0.396 e. The molecule has 4 heteroatoms. The Bertz CT molecular complexity index is 455. The number of aliphatic hydroxyl groups excluding tert-OH is 1. The van der Waals surface area contributed by atoms with E-state index in [1.165, 1.54) is 0 Å². The summed E-state index contributed by atoms with van der Waals surface area (Å²) in [5.74, 6) is 0. The van der Waals surface area contributed by atoms with Gasteiger partial charge in [-0.1, -0.05) is 23.7 Å². The second kappa shape index (κ2) is 4.75. The summed E-state index contributed by atoms with van der Waals surface area (Å²) < 4.78 is 0. The molecule has 1 N–H and O–H groups in total. The molecule has 0 saturated heterocycles. The zero-order chi connectivity index (χ0) is 10.7. The van der Waals surface area contributed by atoms with Gasteiger partial charge in [-0.15, -0.1) is 11.3 Å². The van der Waals surface area contributed by atoms with E-state index in [1.807, 2.05) is 24.3 Å². The quantitative estimate of drug-likeness (QED) is 0.893. The van der Waals surface area contributed by atoms with Gasteiger partial charge >= 0.3 is 0 Å². The Kier molecular flexibility index (Phi) is 3.36. The topological polar surface area (TPSA) is 33.1 Å². The molecule has 0 bridgehead atoms. The summed E-state index contributed by atoms with van der Waals surface area (Å²) in [5.41, 5.74) is 1.02. The maximum Gasteiger partial charge on any atom is 0.123 e. The molecule has 0 unspecified atom stereocenters. The van der Waals surface area contributed by atoms with Crippen LogP contribution in [0.4, 0.5) is 0 Å². The van der Waals surface area contributed by atoms with Gasteiger partial charge in [-0.3, -0.25) is 0 Å². The molecule has 1 heterocycles. The molecular formula is C11H10ClNOS. The fourth-order valence-corrected chi connectivity index (χ4v) is 2.38. The molecule has 0 saturated carbocycles. The van der Waals surface area contributed by atoms with Gasteiger partial charge in [0.1, 0.15) is 5.01 Å². The van der Waals surface area contributed by atoms with Crippen molar-refractivity contribution in [3.63, 3.8) is 0 Å². The Morgan fingerprint density at radius 2 is 2.27 bits per heavy atom. The summed E-state index contributed by atoms with van der Waals surface area (Å²) in [6.45, 7) is 0.164. The normalized spacial score (nSPS) is 10.5. The van der Waals surface area contributed by atoms with Crippen molar-refractivity contribution in [1.82, 2.24) is 4.98 Å². The molecule has 0 aliphatic rings. The van der Waals surface area contributed by atoms with Crippen LogP contribution in [0.25, 0.3) is 10.6 Å². The van der Waals surface area contributed by atoms with Gasteiger partial charge in [-0.05, 0) is 12.1 Å². The third-order valence-electron chi connectivity index (χ3n) is 1.98. The number of nitrogens with zero attached hydrogens (tertiary/aromatic N) is 1. The Morgan fingerprint density at radius 3 is 3.00 bits per heavy atom. The third kappa shape index (κ3) is 2.56. The standard InChI is InChI=1S/C11H10ClNOS/c12-9-3-1-2-8(6-9)11-13-7-10(15-11)4-5-14/h1-3,6-7,14H,4-5H2. The van der Waals surface area contributed by atoms with E-state index in [0.29, 0.717) is 11.4 Å². The molecule has 78 valence electrons. The van der Waals surface area contributed by atoms with E-state index in [-0.39, 0.29) is 6.61 Å². The SMILES string of the molecule is OCCc1cnc(-c2cccc(Cl)c2)s1. The van der Waals surface area contributed by atoms with Crippen LogP contribution in [0.15, 0.2) is 30.5 Å². The van der Waals surface area contributed by atoms with Crippen molar-refractivity contribution >= 4 is 22.9 Å². The van der Waals surface area contributed by atoms with Crippen LogP contribution in [-0.4, -0.2) is 16.7 Å². The van der Waals surface area contributed by atoms with Crippen LogP contribution < -0.4 is 0 Å². The average Bonchev–Trinajstić information content (AvgIpc) is 2.67. The van der Waals surface area contributed by atoms with Crippen molar-refractivity contribution < 1.29 is 5.11 Å². The van der Waals surface area contributed by atoms with Gasteiger partial charge < -0.3 is 5.11 Å². The molecular weight excluding hydrogens is 230 g/mol. The molecule has 1 aromatic carbocycles. The van der Waals surface area contributed by atoms with E-state index in [1.54, 1.807) is 17.5 Å². The summed E-state index contributed by atoms with van der Waals surface area (Å²) in [7, 11) is 0. The second-order valence-electron chi connectivity index (χ2n) is 3.12. The Morgan fingerprint density at radius 1 is 1.40 bits per heavy atom. The smallest absolute Gasteiger partial charge is 0.123 e. The highest BCUT2D eigenvalue weighted by molar-refractivity contribution is 7.15. The van der Waals surface area contributed by atoms with Crippen molar-refractivity contribution in [1.29, 1.82) is 0 Å². The molecule has 1 aromatic heterocycles. The zero-order valence-electron chi connectivity index (χ0n) is 7.98. The van der Waals surface area contributed by atoms with E-state index in [9.17, 15) is 0 Å². The first-order valence-electron chi connectivity index (χ1n) is 4.61. The van der Waals surface area contributed by atoms with Gasteiger partial charge in [0.25, 0.3) is 0 Å². The van der Waals surface area contributed by atoms with E-state index in [4.69, 9.17) is 16.7 Å². The van der Waals surface area contributed by atoms with Crippen LogP contribution in [0.5, 0.6) is 0 Å². The maximum atomic E-state index is 8.80. The molecule has 0 radical (unpaired) electrons. The average molecular weight is 240 g/mol. The van der Waals surface area contributed by atoms with Gasteiger partial charge in [-0.25, -0.2) is 4.98 Å². The minimum Gasteiger partial charge on any atom is -0.396 e. The van der Waals surface area contributed by atoms with Gasteiger partial charge in [0, 0.05) is 34.7 Å². The number of hydrogen-bond donors (Lipinski definition) is 1. The van der Waals surface area contributed by atoms with Crippen molar-refractivity contribution in [2.45, 2.75) is 6.42 Å². The van der Waals surface area contributed by atoms with Crippen molar-refractivity contribution in [3.05, 3.63) is 40.4 Å². The molecule has 15 heavy (non-hydrogen) atoms. The molecule has 0 aliphatic heterocycles. The second-order valence-corrected chi connectivity index (χ2v) is 4.67. The fraction of sp³-hybridized carbons (Fsp3) is 0.182. The van der Waals surface area contributed by atoms with Crippen molar-refractivity contribution in [2.24, 2.45) is 0 Å².